The summed E-state index contributed by atoms with van der Waals surface area (Å²) in [6.45, 7) is 2.95. The van der Waals surface area contributed by atoms with Gasteiger partial charge in [-0.3, -0.25) is 0 Å². The quantitative estimate of drug-likeness (QED) is 0.309. The molecule has 4 rings (SSSR count). The molecule has 0 N–H and O–H groups in total. The van der Waals surface area contributed by atoms with E-state index in [1.807, 2.05) is 48.5 Å². The molecule has 0 bridgehead atoms. The van der Waals surface area contributed by atoms with Crippen LogP contribution in [0.15, 0.2) is 82.6 Å². The van der Waals surface area contributed by atoms with Crippen LogP contribution in [0.2, 0.25) is 10.0 Å². The number of halogens is 2. The molecule has 0 saturated carbocycles. The van der Waals surface area contributed by atoms with E-state index in [4.69, 9.17) is 27.9 Å². The normalized spacial score (nSPS) is 15.7. The molecule has 0 aromatic heterocycles. The Balaban J connectivity index is 1.33. The average molecular weight is 598 g/mol. The Bertz CT molecular complexity index is 1390. The van der Waals surface area contributed by atoms with Crippen LogP contribution in [0.3, 0.4) is 0 Å². The second-order valence-electron chi connectivity index (χ2n) is 9.17. The van der Waals surface area contributed by atoms with Crippen LogP contribution in [0.25, 0.3) is 0 Å². The van der Waals surface area contributed by atoms with Gasteiger partial charge in [0, 0.05) is 55.6 Å². The van der Waals surface area contributed by atoms with E-state index in [0.29, 0.717) is 42.8 Å². The fourth-order valence-electron chi connectivity index (χ4n) is 4.45. The van der Waals surface area contributed by atoms with E-state index in [-0.39, 0.29) is 15.9 Å². The van der Waals surface area contributed by atoms with E-state index in [1.165, 1.54) is 22.5 Å². The second kappa shape index (κ2) is 12.5. The molecule has 0 spiro atoms. The molecule has 38 heavy (non-hydrogen) atoms. The number of sulfonamides is 1. The molecular weight excluding hydrogens is 567 g/mol. The molecule has 3 aromatic carbocycles. The summed E-state index contributed by atoms with van der Waals surface area (Å²) in [4.78, 5) is 1.85. The van der Waals surface area contributed by atoms with Crippen molar-refractivity contribution in [2.45, 2.75) is 22.3 Å². The van der Waals surface area contributed by atoms with Crippen molar-refractivity contribution < 1.29 is 21.6 Å². The maximum Gasteiger partial charge on any atom is 0.244 e. The minimum absolute atomic E-state index is 0.167. The van der Waals surface area contributed by atoms with Crippen molar-refractivity contribution in [3.8, 4) is 0 Å². The summed E-state index contributed by atoms with van der Waals surface area (Å²) in [5.74, 6) is 0. The third-order valence-electron chi connectivity index (χ3n) is 6.45. The van der Waals surface area contributed by atoms with Crippen LogP contribution in [-0.2, 0) is 24.6 Å². The van der Waals surface area contributed by atoms with Crippen molar-refractivity contribution in [2.75, 3.05) is 45.6 Å². The van der Waals surface area contributed by atoms with Crippen LogP contribution in [0, 0.1) is 0 Å². The van der Waals surface area contributed by atoms with Gasteiger partial charge in [-0.25, -0.2) is 16.8 Å². The first-order valence-electron chi connectivity index (χ1n) is 12.2. The van der Waals surface area contributed by atoms with Gasteiger partial charge >= 0.3 is 0 Å². The summed E-state index contributed by atoms with van der Waals surface area (Å²) in [7, 11) is -7.60. The number of nitrogens with zero attached hydrogens (tertiary/aromatic N) is 2. The molecule has 0 amide bonds. The highest BCUT2D eigenvalue weighted by Gasteiger charge is 2.32. The molecule has 0 unspecified atom stereocenters. The number of sulfone groups is 1. The van der Waals surface area contributed by atoms with Crippen molar-refractivity contribution in [3.05, 3.63) is 94.0 Å². The standard InChI is InChI=1S/C27H30Cl2N2O5S2/c1-37(32,33)25-5-2-3-6-26(25)38(34,35)31-18-16-30(17-19-31)15-4-20-36-27(21-7-11-23(28)12-8-21)22-9-13-24(29)14-10-22/h2-3,5-14,27H,4,15-20H2,1H3. The van der Waals surface area contributed by atoms with Gasteiger partial charge in [-0.05, 0) is 53.9 Å². The largest absolute Gasteiger partial charge is 0.369 e. The van der Waals surface area contributed by atoms with Gasteiger partial charge < -0.3 is 9.64 Å². The first-order valence-corrected chi connectivity index (χ1v) is 16.3. The minimum atomic E-state index is -3.92. The Morgan fingerprint density at radius 1 is 0.763 bits per heavy atom. The Labute approximate surface area is 234 Å². The molecule has 3 aromatic rings. The number of benzene rings is 3. The lowest BCUT2D eigenvalue weighted by molar-refractivity contribution is 0.0685. The lowest BCUT2D eigenvalue weighted by Crippen LogP contribution is -2.49. The van der Waals surface area contributed by atoms with E-state index in [0.717, 1.165) is 30.3 Å². The van der Waals surface area contributed by atoms with Crippen LogP contribution < -0.4 is 0 Å². The van der Waals surface area contributed by atoms with Gasteiger partial charge in [-0.1, -0.05) is 59.6 Å². The number of hydrogen-bond donors (Lipinski definition) is 0. The Morgan fingerprint density at radius 3 is 1.76 bits per heavy atom. The van der Waals surface area contributed by atoms with Crippen molar-refractivity contribution in [1.29, 1.82) is 0 Å². The molecule has 11 heteroatoms. The highest BCUT2D eigenvalue weighted by Crippen LogP contribution is 2.29. The smallest absolute Gasteiger partial charge is 0.244 e. The van der Waals surface area contributed by atoms with E-state index in [9.17, 15) is 16.8 Å². The zero-order valence-corrected chi connectivity index (χ0v) is 24.1. The van der Waals surface area contributed by atoms with Crippen LogP contribution in [0.1, 0.15) is 23.7 Å². The summed E-state index contributed by atoms with van der Waals surface area (Å²) in [5, 5.41) is 1.31. The number of ether oxygens (including phenoxy) is 1. The maximum absolute atomic E-state index is 13.2. The summed E-state index contributed by atoms with van der Waals surface area (Å²) < 4.78 is 58.3. The third kappa shape index (κ3) is 7.15. The van der Waals surface area contributed by atoms with Crippen LogP contribution >= 0.6 is 23.2 Å². The first kappa shape index (κ1) is 29.0. The molecule has 7 nitrogen and oxygen atoms in total. The number of hydrogen-bond acceptors (Lipinski definition) is 6. The lowest BCUT2D eigenvalue weighted by atomic mass is 10.0. The van der Waals surface area contributed by atoms with Gasteiger partial charge in [-0.15, -0.1) is 0 Å². The van der Waals surface area contributed by atoms with Gasteiger partial charge in [0.1, 0.15) is 11.0 Å². The molecule has 1 heterocycles. The van der Waals surface area contributed by atoms with Crippen molar-refractivity contribution in [3.63, 3.8) is 0 Å². The van der Waals surface area contributed by atoms with Gasteiger partial charge in [0.2, 0.25) is 10.0 Å². The molecule has 0 radical (unpaired) electrons. The van der Waals surface area contributed by atoms with Crippen LogP contribution in [-0.4, -0.2) is 71.6 Å². The highest BCUT2D eigenvalue weighted by atomic mass is 35.5. The maximum atomic E-state index is 13.2. The predicted octanol–water partition coefficient (Wildman–Crippen LogP) is 4.90. The molecule has 0 aliphatic carbocycles. The molecule has 1 aliphatic heterocycles. The van der Waals surface area contributed by atoms with Crippen molar-refractivity contribution in [2.24, 2.45) is 0 Å². The van der Waals surface area contributed by atoms with Crippen molar-refractivity contribution >= 4 is 43.1 Å². The molecular formula is C27H30Cl2N2O5S2. The zero-order valence-electron chi connectivity index (χ0n) is 21.0. The first-order chi connectivity index (χ1) is 18.1. The number of piperazine rings is 1. The summed E-state index contributed by atoms with van der Waals surface area (Å²) in [6.07, 6.45) is 1.52. The van der Waals surface area contributed by atoms with E-state index in [1.54, 1.807) is 6.07 Å². The van der Waals surface area contributed by atoms with Crippen LogP contribution in [0.5, 0.6) is 0 Å². The summed E-state index contributed by atoms with van der Waals surface area (Å²) >= 11 is 12.1. The zero-order chi connectivity index (χ0) is 27.3. The molecule has 1 saturated heterocycles. The Kier molecular flexibility index (Phi) is 9.52. The topological polar surface area (TPSA) is 84.0 Å². The molecule has 0 atom stereocenters. The van der Waals surface area contributed by atoms with Crippen LogP contribution in [0.4, 0.5) is 0 Å². The number of rotatable bonds is 10. The third-order valence-corrected chi connectivity index (χ3v) is 10.2. The Morgan fingerprint density at radius 2 is 1.26 bits per heavy atom. The molecule has 1 fully saturated rings. The Hall–Kier alpha value is -1.98. The SMILES string of the molecule is CS(=O)(=O)c1ccccc1S(=O)(=O)N1CCN(CCCOC(c2ccc(Cl)cc2)c2ccc(Cl)cc2)CC1. The molecule has 1 aliphatic rings. The van der Waals surface area contributed by atoms with Crippen molar-refractivity contribution in [1.82, 2.24) is 9.21 Å². The monoisotopic (exact) mass is 596 g/mol. The minimum Gasteiger partial charge on any atom is -0.369 e. The summed E-state index contributed by atoms with van der Waals surface area (Å²) in [6, 6.07) is 20.9. The summed E-state index contributed by atoms with van der Waals surface area (Å²) in [5.41, 5.74) is 1.98. The van der Waals surface area contributed by atoms with E-state index >= 15 is 0 Å². The van der Waals surface area contributed by atoms with E-state index < -0.39 is 19.9 Å². The van der Waals surface area contributed by atoms with Gasteiger partial charge in [-0.2, -0.15) is 4.31 Å². The van der Waals surface area contributed by atoms with Gasteiger partial charge in [0.15, 0.2) is 9.84 Å². The fraction of sp³-hybridized carbons (Fsp3) is 0.333. The fourth-order valence-corrected chi connectivity index (χ4v) is 7.73. The average Bonchev–Trinajstić information content (AvgIpc) is 2.90. The highest BCUT2D eigenvalue weighted by molar-refractivity contribution is 7.93. The lowest BCUT2D eigenvalue weighted by Gasteiger charge is -2.34. The predicted molar refractivity (Wildman–Crippen MR) is 150 cm³/mol. The van der Waals surface area contributed by atoms with E-state index in [2.05, 4.69) is 4.90 Å². The van der Waals surface area contributed by atoms with Gasteiger partial charge in [0.25, 0.3) is 0 Å². The second-order valence-corrected chi connectivity index (χ2v) is 13.9. The molecule has 204 valence electrons. The van der Waals surface area contributed by atoms with Gasteiger partial charge in [0.05, 0.1) is 4.90 Å².